The number of amides is 1. The fraction of sp³-hybridized carbons (Fsp3) is 0.400. The largest absolute Gasteiger partial charge is 0.299 e. The Morgan fingerprint density at radius 2 is 2.04 bits per heavy atom. The van der Waals surface area contributed by atoms with E-state index in [-0.39, 0.29) is 6.54 Å². The second-order valence-corrected chi connectivity index (χ2v) is 9.81. The molecule has 0 radical (unpaired) electrons. The van der Waals surface area contributed by atoms with Crippen LogP contribution in [0, 0.1) is 13.8 Å². The number of nitrogens with one attached hydrogen (secondary N) is 1. The molecule has 0 saturated heterocycles. The fourth-order valence-corrected chi connectivity index (χ4v) is 4.78. The number of benzene rings is 1. The standard InChI is InChI=1S/C15H20N4O3S3/c1-5-23-15-18-17-14(24-15)16-13(20)9-19(25(4,21)22)12-7-6-10(2)8-11(12)3/h6-8H,5,9H2,1-4H3,(H,16,17,20). The molecule has 1 amide bonds. The van der Waals surface area contributed by atoms with Gasteiger partial charge in [0.1, 0.15) is 6.54 Å². The molecule has 1 N–H and O–H groups in total. The molecule has 0 aliphatic heterocycles. The highest BCUT2D eigenvalue weighted by atomic mass is 32.2. The van der Waals surface area contributed by atoms with Crippen molar-refractivity contribution in [1.29, 1.82) is 0 Å². The van der Waals surface area contributed by atoms with Crippen LogP contribution in [0.3, 0.4) is 0 Å². The van der Waals surface area contributed by atoms with E-state index < -0.39 is 15.9 Å². The Labute approximate surface area is 155 Å². The van der Waals surface area contributed by atoms with Gasteiger partial charge in [0.05, 0.1) is 11.9 Å². The summed E-state index contributed by atoms with van der Waals surface area (Å²) in [7, 11) is -3.61. The van der Waals surface area contributed by atoms with Crippen LogP contribution in [0.5, 0.6) is 0 Å². The van der Waals surface area contributed by atoms with Crippen LogP contribution in [-0.4, -0.2) is 43.1 Å². The molecule has 7 nitrogen and oxygen atoms in total. The number of aromatic nitrogens is 2. The number of sulfonamides is 1. The van der Waals surface area contributed by atoms with Gasteiger partial charge in [-0.3, -0.25) is 14.4 Å². The summed E-state index contributed by atoms with van der Waals surface area (Å²) in [6.07, 6.45) is 1.08. The van der Waals surface area contributed by atoms with Crippen molar-refractivity contribution in [3.8, 4) is 0 Å². The molecule has 2 rings (SSSR count). The van der Waals surface area contributed by atoms with E-state index in [9.17, 15) is 13.2 Å². The third kappa shape index (κ3) is 5.41. The molecule has 0 spiro atoms. The molecule has 0 saturated carbocycles. The third-order valence-electron chi connectivity index (χ3n) is 3.23. The number of nitrogens with zero attached hydrogens (tertiary/aromatic N) is 3. The van der Waals surface area contributed by atoms with Crippen LogP contribution in [0.2, 0.25) is 0 Å². The van der Waals surface area contributed by atoms with E-state index in [1.165, 1.54) is 23.1 Å². The second-order valence-electron chi connectivity index (χ2n) is 5.41. The van der Waals surface area contributed by atoms with E-state index in [2.05, 4.69) is 15.5 Å². The van der Waals surface area contributed by atoms with E-state index in [0.717, 1.165) is 31.8 Å². The Morgan fingerprint density at radius 1 is 1.32 bits per heavy atom. The number of rotatable bonds is 7. The number of hydrogen-bond acceptors (Lipinski definition) is 7. The Hall–Kier alpha value is -1.65. The highest BCUT2D eigenvalue weighted by molar-refractivity contribution is 8.01. The molecular weight excluding hydrogens is 380 g/mol. The maximum absolute atomic E-state index is 12.3. The van der Waals surface area contributed by atoms with Crippen molar-refractivity contribution in [2.24, 2.45) is 0 Å². The predicted octanol–water partition coefficient (Wildman–Crippen LogP) is 2.67. The third-order valence-corrected chi connectivity index (χ3v) is 6.21. The second kappa shape index (κ2) is 8.15. The number of aryl methyl sites for hydroxylation is 2. The van der Waals surface area contributed by atoms with Gasteiger partial charge in [-0.15, -0.1) is 10.2 Å². The Balaban J connectivity index is 2.18. The maximum atomic E-state index is 12.3. The summed E-state index contributed by atoms with van der Waals surface area (Å²) >= 11 is 2.79. The molecule has 0 aliphatic rings. The first-order chi connectivity index (χ1) is 11.7. The molecule has 2 aromatic rings. The van der Waals surface area contributed by atoms with Crippen LogP contribution >= 0.6 is 23.1 Å². The van der Waals surface area contributed by atoms with Gasteiger partial charge in [-0.25, -0.2) is 8.42 Å². The Kier molecular flexibility index (Phi) is 6.42. The van der Waals surface area contributed by atoms with Crippen molar-refractivity contribution < 1.29 is 13.2 Å². The number of carbonyl (C=O) groups excluding carboxylic acids is 1. The minimum Gasteiger partial charge on any atom is -0.299 e. The summed E-state index contributed by atoms with van der Waals surface area (Å²) in [6.45, 7) is 5.42. The molecule has 1 aromatic carbocycles. The van der Waals surface area contributed by atoms with Crippen LogP contribution in [0.4, 0.5) is 10.8 Å². The van der Waals surface area contributed by atoms with Crippen molar-refractivity contribution in [2.75, 3.05) is 28.2 Å². The van der Waals surface area contributed by atoms with Crippen LogP contribution in [-0.2, 0) is 14.8 Å². The zero-order valence-electron chi connectivity index (χ0n) is 14.4. The Morgan fingerprint density at radius 3 is 2.64 bits per heavy atom. The molecule has 0 unspecified atom stereocenters. The molecular formula is C15H20N4O3S3. The van der Waals surface area contributed by atoms with Gasteiger partial charge in [0.25, 0.3) is 0 Å². The van der Waals surface area contributed by atoms with Gasteiger partial charge in [0, 0.05) is 0 Å². The summed E-state index contributed by atoms with van der Waals surface area (Å²) < 4.78 is 26.2. The highest BCUT2D eigenvalue weighted by Crippen LogP contribution is 2.26. The topological polar surface area (TPSA) is 92.3 Å². The predicted molar refractivity (Wildman–Crippen MR) is 103 cm³/mol. The molecule has 0 bridgehead atoms. The molecule has 136 valence electrons. The SMILES string of the molecule is CCSc1nnc(NC(=O)CN(c2ccc(C)cc2C)S(C)(=O)=O)s1. The van der Waals surface area contributed by atoms with E-state index >= 15 is 0 Å². The van der Waals surface area contributed by atoms with Crippen LogP contribution in [0.1, 0.15) is 18.1 Å². The van der Waals surface area contributed by atoms with Gasteiger partial charge in [0.15, 0.2) is 4.34 Å². The van der Waals surface area contributed by atoms with Crippen LogP contribution in [0.15, 0.2) is 22.5 Å². The zero-order chi connectivity index (χ0) is 18.6. The quantitative estimate of drug-likeness (QED) is 0.567. The van der Waals surface area contributed by atoms with E-state index in [1.54, 1.807) is 6.07 Å². The van der Waals surface area contributed by atoms with Gasteiger partial charge < -0.3 is 0 Å². The summed E-state index contributed by atoms with van der Waals surface area (Å²) in [5, 5.41) is 10.8. The molecule has 0 atom stereocenters. The monoisotopic (exact) mass is 400 g/mol. The minimum absolute atomic E-state index is 0.321. The summed E-state index contributed by atoms with van der Waals surface area (Å²) in [5.74, 6) is 0.395. The first kappa shape index (κ1) is 19.7. The lowest BCUT2D eigenvalue weighted by Crippen LogP contribution is -2.37. The number of anilines is 2. The van der Waals surface area contributed by atoms with Gasteiger partial charge in [-0.1, -0.05) is 47.7 Å². The Bertz CT molecular complexity index is 865. The first-order valence-electron chi connectivity index (χ1n) is 7.52. The number of thioether (sulfide) groups is 1. The highest BCUT2D eigenvalue weighted by Gasteiger charge is 2.23. The summed E-state index contributed by atoms with van der Waals surface area (Å²) in [4.78, 5) is 12.3. The van der Waals surface area contributed by atoms with Gasteiger partial charge in [-0.2, -0.15) is 0 Å². The molecule has 1 aromatic heterocycles. The van der Waals surface area contributed by atoms with Crippen molar-refractivity contribution in [1.82, 2.24) is 10.2 Å². The van der Waals surface area contributed by atoms with Crippen molar-refractivity contribution in [3.63, 3.8) is 0 Å². The van der Waals surface area contributed by atoms with Crippen LogP contribution in [0.25, 0.3) is 0 Å². The van der Waals surface area contributed by atoms with Gasteiger partial charge >= 0.3 is 0 Å². The maximum Gasteiger partial charge on any atom is 0.246 e. The lowest BCUT2D eigenvalue weighted by atomic mass is 10.1. The summed E-state index contributed by atoms with van der Waals surface area (Å²) in [6, 6.07) is 5.40. The first-order valence-corrected chi connectivity index (χ1v) is 11.2. The molecule has 25 heavy (non-hydrogen) atoms. The molecule has 0 aliphatic carbocycles. The van der Waals surface area contributed by atoms with E-state index in [1.807, 2.05) is 32.9 Å². The molecule has 0 fully saturated rings. The minimum atomic E-state index is -3.61. The van der Waals surface area contributed by atoms with Crippen molar-refractivity contribution >= 4 is 49.8 Å². The lowest BCUT2D eigenvalue weighted by molar-refractivity contribution is -0.114. The van der Waals surface area contributed by atoms with Gasteiger partial charge in [0.2, 0.25) is 21.1 Å². The van der Waals surface area contributed by atoms with Crippen LogP contribution < -0.4 is 9.62 Å². The van der Waals surface area contributed by atoms with Gasteiger partial charge in [-0.05, 0) is 31.2 Å². The fourth-order valence-electron chi connectivity index (χ4n) is 2.20. The summed E-state index contributed by atoms with van der Waals surface area (Å²) in [5.41, 5.74) is 2.30. The normalized spacial score (nSPS) is 11.4. The smallest absolute Gasteiger partial charge is 0.246 e. The lowest BCUT2D eigenvalue weighted by Gasteiger charge is -2.23. The van der Waals surface area contributed by atoms with E-state index in [0.29, 0.717) is 10.8 Å². The van der Waals surface area contributed by atoms with Crippen molar-refractivity contribution in [3.05, 3.63) is 29.3 Å². The number of hydrogen-bond donors (Lipinski definition) is 1. The average Bonchev–Trinajstić information content (AvgIpc) is 2.92. The van der Waals surface area contributed by atoms with E-state index in [4.69, 9.17) is 0 Å². The number of carbonyl (C=O) groups is 1. The van der Waals surface area contributed by atoms with Crippen molar-refractivity contribution in [2.45, 2.75) is 25.1 Å². The zero-order valence-corrected chi connectivity index (χ0v) is 16.9. The molecule has 10 heteroatoms. The molecule has 1 heterocycles. The average molecular weight is 401 g/mol.